The molecule has 4 rings (SSSR count). The molecule has 0 aliphatic carbocycles. The molecule has 0 unspecified atom stereocenters. The molecule has 0 saturated carbocycles. The zero-order chi connectivity index (χ0) is 24.8. The third-order valence-corrected chi connectivity index (χ3v) is 6.46. The van der Waals surface area contributed by atoms with E-state index in [1.54, 1.807) is 29.2 Å². The van der Waals surface area contributed by atoms with E-state index in [0.717, 1.165) is 11.3 Å². The van der Waals surface area contributed by atoms with Crippen molar-refractivity contribution in [2.75, 3.05) is 56.0 Å². The van der Waals surface area contributed by atoms with Crippen LogP contribution in [0.4, 0.5) is 11.4 Å². The summed E-state index contributed by atoms with van der Waals surface area (Å²) in [5.74, 6) is -1.68. The second-order valence-electron chi connectivity index (χ2n) is 8.98. The lowest BCUT2D eigenvalue weighted by atomic mass is 10.1. The topological polar surface area (TPSA) is 102 Å². The maximum absolute atomic E-state index is 13.0. The molecule has 2 fully saturated rings. The molecule has 2 aliphatic heterocycles. The number of amides is 4. The lowest BCUT2D eigenvalue weighted by molar-refractivity contribution is -0.137. The fourth-order valence-corrected chi connectivity index (χ4v) is 4.41. The van der Waals surface area contributed by atoms with Crippen molar-refractivity contribution in [2.45, 2.75) is 13.3 Å². The van der Waals surface area contributed by atoms with Crippen LogP contribution in [0.25, 0.3) is 0 Å². The molecule has 9 heteroatoms. The van der Waals surface area contributed by atoms with Crippen molar-refractivity contribution in [3.63, 3.8) is 0 Å². The van der Waals surface area contributed by atoms with E-state index < -0.39 is 11.8 Å². The number of nitrogens with one attached hydrogen (secondary N) is 2. The van der Waals surface area contributed by atoms with Crippen LogP contribution in [0.1, 0.15) is 12.0 Å². The highest BCUT2D eigenvalue weighted by atomic mass is 16.2. The molecule has 4 amide bonds. The molecule has 2 aromatic rings. The molecule has 2 N–H and O–H groups in total. The number of carbonyl (C=O) groups excluding carboxylic acids is 4. The summed E-state index contributed by atoms with van der Waals surface area (Å²) < 4.78 is 0. The molecule has 184 valence electrons. The molecular weight excluding hydrogens is 446 g/mol. The van der Waals surface area contributed by atoms with Crippen molar-refractivity contribution in [3.8, 4) is 0 Å². The van der Waals surface area contributed by atoms with E-state index in [2.05, 4.69) is 15.5 Å². The fourth-order valence-electron chi connectivity index (χ4n) is 4.41. The molecule has 0 radical (unpaired) electrons. The monoisotopic (exact) mass is 477 g/mol. The molecule has 1 atom stereocenters. The minimum Gasteiger partial charge on any atom is -0.347 e. The van der Waals surface area contributed by atoms with Crippen LogP contribution in [0.15, 0.2) is 54.6 Å². The van der Waals surface area contributed by atoms with Crippen LogP contribution in [0.3, 0.4) is 0 Å². The summed E-state index contributed by atoms with van der Waals surface area (Å²) in [5.41, 5.74) is 2.53. The molecular formula is C26H31N5O4. The summed E-state index contributed by atoms with van der Waals surface area (Å²) in [7, 11) is 0. The SMILES string of the molecule is Cc1ccc(N2C[C@@H](C(=O)N3CCN(CCNC(=O)C(=O)Nc4ccccc4)CC3)CC2=O)cc1. The van der Waals surface area contributed by atoms with Gasteiger partial charge in [-0.3, -0.25) is 24.1 Å². The second kappa shape index (κ2) is 11.1. The zero-order valence-corrected chi connectivity index (χ0v) is 19.9. The van der Waals surface area contributed by atoms with E-state index in [9.17, 15) is 19.2 Å². The Morgan fingerprint density at radius 3 is 2.29 bits per heavy atom. The van der Waals surface area contributed by atoms with Gasteiger partial charge in [-0.2, -0.15) is 0 Å². The van der Waals surface area contributed by atoms with E-state index in [0.29, 0.717) is 51.5 Å². The highest BCUT2D eigenvalue weighted by Crippen LogP contribution is 2.27. The lowest BCUT2D eigenvalue weighted by Crippen LogP contribution is -2.52. The van der Waals surface area contributed by atoms with Gasteiger partial charge in [0, 0.05) is 63.6 Å². The van der Waals surface area contributed by atoms with Crippen molar-refractivity contribution in [3.05, 3.63) is 60.2 Å². The van der Waals surface area contributed by atoms with Crippen molar-refractivity contribution in [1.29, 1.82) is 0 Å². The van der Waals surface area contributed by atoms with Crippen LogP contribution in [-0.2, 0) is 19.2 Å². The Morgan fingerprint density at radius 2 is 1.60 bits per heavy atom. The van der Waals surface area contributed by atoms with Gasteiger partial charge in [0.1, 0.15) is 0 Å². The van der Waals surface area contributed by atoms with Crippen LogP contribution < -0.4 is 15.5 Å². The quantitative estimate of drug-likeness (QED) is 0.610. The number of nitrogens with zero attached hydrogens (tertiary/aromatic N) is 3. The van der Waals surface area contributed by atoms with Crippen molar-refractivity contribution >= 4 is 35.0 Å². The Bertz CT molecular complexity index is 1060. The van der Waals surface area contributed by atoms with E-state index in [4.69, 9.17) is 0 Å². The Morgan fingerprint density at radius 1 is 0.914 bits per heavy atom. The van der Waals surface area contributed by atoms with Gasteiger partial charge < -0.3 is 20.4 Å². The summed E-state index contributed by atoms with van der Waals surface area (Å²) in [6.07, 6.45) is 0.240. The third kappa shape index (κ3) is 6.24. The third-order valence-electron chi connectivity index (χ3n) is 6.46. The average molecular weight is 478 g/mol. The van der Waals surface area contributed by atoms with Crippen LogP contribution in [0, 0.1) is 12.8 Å². The summed E-state index contributed by atoms with van der Waals surface area (Å²) >= 11 is 0. The fraction of sp³-hybridized carbons (Fsp3) is 0.385. The lowest BCUT2D eigenvalue weighted by Gasteiger charge is -2.35. The zero-order valence-electron chi connectivity index (χ0n) is 19.9. The average Bonchev–Trinajstić information content (AvgIpc) is 3.26. The predicted octanol–water partition coefficient (Wildman–Crippen LogP) is 1.25. The second-order valence-corrected chi connectivity index (χ2v) is 8.98. The summed E-state index contributed by atoms with van der Waals surface area (Å²) in [5, 5.41) is 5.20. The standard InChI is InChI=1S/C26H31N5O4/c1-19-7-9-22(10-8-19)31-18-20(17-23(31)32)26(35)30-15-13-29(14-16-30)12-11-27-24(33)25(34)28-21-5-3-2-4-6-21/h2-10,20H,11-18H2,1H3,(H,27,33)(H,28,34)/t20-/m0/s1. The normalized spacial score (nSPS) is 18.4. The minimum absolute atomic E-state index is 0.0159. The molecule has 0 spiro atoms. The molecule has 2 aliphatic rings. The van der Waals surface area contributed by atoms with Gasteiger partial charge in [0.15, 0.2) is 0 Å². The minimum atomic E-state index is -0.697. The van der Waals surface area contributed by atoms with Crippen molar-refractivity contribution < 1.29 is 19.2 Å². The maximum atomic E-state index is 13.0. The Labute approximate surface area is 205 Å². The number of carbonyl (C=O) groups is 4. The van der Waals surface area contributed by atoms with Gasteiger partial charge in [-0.25, -0.2) is 0 Å². The Balaban J connectivity index is 1.17. The van der Waals surface area contributed by atoms with E-state index in [1.807, 2.05) is 42.2 Å². The first kappa shape index (κ1) is 24.4. The van der Waals surface area contributed by atoms with Crippen LogP contribution in [0.5, 0.6) is 0 Å². The van der Waals surface area contributed by atoms with Gasteiger partial charge in [-0.05, 0) is 31.2 Å². The number of hydrogen-bond acceptors (Lipinski definition) is 5. The first-order valence-electron chi connectivity index (χ1n) is 11.9. The maximum Gasteiger partial charge on any atom is 0.313 e. The molecule has 2 aromatic carbocycles. The summed E-state index contributed by atoms with van der Waals surface area (Å²) in [6, 6.07) is 16.6. The summed E-state index contributed by atoms with van der Waals surface area (Å²) in [4.78, 5) is 55.2. The smallest absolute Gasteiger partial charge is 0.313 e. The number of aryl methyl sites for hydroxylation is 1. The molecule has 9 nitrogen and oxygen atoms in total. The Kier molecular flexibility index (Phi) is 7.77. The number of piperazine rings is 1. The van der Waals surface area contributed by atoms with Gasteiger partial charge in [0.25, 0.3) is 0 Å². The first-order chi connectivity index (χ1) is 16.9. The van der Waals surface area contributed by atoms with E-state index in [1.165, 1.54) is 0 Å². The van der Waals surface area contributed by atoms with E-state index >= 15 is 0 Å². The summed E-state index contributed by atoms with van der Waals surface area (Å²) in [6.45, 7) is 5.87. The van der Waals surface area contributed by atoms with Crippen LogP contribution in [-0.4, -0.2) is 79.2 Å². The number of benzene rings is 2. The van der Waals surface area contributed by atoms with Gasteiger partial charge in [-0.15, -0.1) is 0 Å². The first-order valence-corrected chi connectivity index (χ1v) is 11.9. The molecule has 2 saturated heterocycles. The molecule has 0 aromatic heterocycles. The predicted molar refractivity (Wildman–Crippen MR) is 133 cm³/mol. The number of anilines is 2. The largest absolute Gasteiger partial charge is 0.347 e. The van der Waals surface area contributed by atoms with Gasteiger partial charge in [-0.1, -0.05) is 35.9 Å². The highest BCUT2D eigenvalue weighted by molar-refractivity contribution is 6.39. The number of hydrogen-bond donors (Lipinski definition) is 2. The molecule has 2 heterocycles. The number of rotatable bonds is 6. The van der Waals surface area contributed by atoms with Gasteiger partial charge in [0.05, 0.1) is 5.92 Å². The van der Waals surface area contributed by atoms with E-state index in [-0.39, 0.29) is 24.2 Å². The molecule has 35 heavy (non-hydrogen) atoms. The Hall–Kier alpha value is -3.72. The van der Waals surface area contributed by atoms with Gasteiger partial charge >= 0.3 is 11.8 Å². The van der Waals surface area contributed by atoms with Crippen molar-refractivity contribution in [1.82, 2.24) is 15.1 Å². The van der Waals surface area contributed by atoms with Crippen molar-refractivity contribution in [2.24, 2.45) is 5.92 Å². The van der Waals surface area contributed by atoms with Crippen LogP contribution in [0.2, 0.25) is 0 Å². The highest BCUT2D eigenvalue weighted by Gasteiger charge is 2.37. The number of para-hydroxylation sites is 1. The van der Waals surface area contributed by atoms with Crippen LogP contribution >= 0.6 is 0 Å². The molecule has 0 bridgehead atoms. The van der Waals surface area contributed by atoms with Gasteiger partial charge in [0.2, 0.25) is 11.8 Å².